The highest BCUT2D eigenvalue weighted by Gasteiger charge is 2.50. The molecular formula is C64H43NO. The van der Waals surface area contributed by atoms with E-state index in [9.17, 15) is 0 Å². The SMILES string of the molecule is CC1(C)c2ccccc2-c2ccc(N(c3ccc4c(c3)-c3ccccc3-c3ccccc3O4)c3ccc4c(c3)-c3ccccc3C43c4ccccc4-c4ccccc4-c4ccccc43)cc21. The van der Waals surface area contributed by atoms with Gasteiger partial charge >= 0.3 is 0 Å². The molecule has 10 aromatic rings. The maximum Gasteiger partial charge on any atom is 0.135 e. The van der Waals surface area contributed by atoms with Gasteiger partial charge in [-0.05, 0) is 138 Å². The highest BCUT2D eigenvalue weighted by Crippen LogP contribution is 2.62. The normalized spacial score (nSPS) is 14.3. The predicted molar refractivity (Wildman–Crippen MR) is 271 cm³/mol. The number of para-hydroxylation sites is 1. The Bertz CT molecular complexity index is 3620. The average molecular weight is 842 g/mol. The van der Waals surface area contributed by atoms with Crippen LogP contribution in [0.5, 0.6) is 11.5 Å². The molecule has 1 aliphatic heterocycles. The first-order chi connectivity index (χ1) is 32.5. The molecule has 0 radical (unpaired) electrons. The molecule has 10 aromatic carbocycles. The van der Waals surface area contributed by atoms with Crippen molar-refractivity contribution in [1.29, 1.82) is 0 Å². The molecule has 310 valence electrons. The van der Waals surface area contributed by atoms with E-state index in [1.807, 2.05) is 0 Å². The third-order valence-electron chi connectivity index (χ3n) is 15.1. The van der Waals surface area contributed by atoms with Crippen LogP contribution in [-0.4, -0.2) is 0 Å². The Hall–Kier alpha value is -8.20. The van der Waals surface area contributed by atoms with Gasteiger partial charge in [0.2, 0.25) is 0 Å². The van der Waals surface area contributed by atoms with Crippen molar-refractivity contribution in [3.05, 3.63) is 258 Å². The van der Waals surface area contributed by atoms with Crippen LogP contribution < -0.4 is 9.64 Å². The van der Waals surface area contributed by atoms with Gasteiger partial charge in [0.25, 0.3) is 0 Å². The van der Waals surface area contributed by atoms with E-state index in [2.05, 4.69) is 243 Å². The van der Waals surface area contributed by atoms with Crippen molar-refractivity contribution in [1.82, 2.24) is 0 Å². The van der Waals surface area contributed by atoms with Gasteiger partial charge in [-0.3, -0.25) is 0 Å². The lowest BCUT2D eigenvalue weighted by molar-refractivity contribution is 0.488. The largest absolute Gasteiger partial charge is 0.456 e. The first-order valence-corrected chi connectivity index (χ1v) is 23.1. The zero-order chi connectivity index (χ0) is 43.7. The predicted octanol–water partition coefficient (Wildman–Crippen LogP) is 16.9. The van der Waals surface area contributed by atoms with Crippen molar-refractivity contribution in [3.63, 3.8) is 0 Å². The molecule has 0 bridgehead atoms. The number of hydrogen-bond donors (Lipinski definition) is 0. The minimum atomic E-state index is -0.551. The third kappa shape index (κ3) is 4.96. The molecule has 2 heteroatoms. The van der Waals surface area contributed by atoms with Gasteiger partial charge in [-0.2, -0.15) is 0 Å². The summed E-state index contributed by atoms with van der Waals surface area (Å²) in [4.78, 5) is 2.47. The van der Waals surface area contributed by atoms with Crippen molar-refractivity contribution in [3.8, 4) is 78.3 Å². The first kappa shape index (κ1) is 37.2. The second-order valence-electron chi connectivity index (χ2n) is 18.7. The molecule has 0 saturated carbocycles. The average Bonchev–Trinajstić information content (AvgIpc) is 3.67. The summed E-state index contributed by atoms with van der Waals surface area (Å²) in [6.45, 7) is 4.74. The van der Waals surface area contributed by atoms with Crippen molar-refractivity contribution in [2.45, 2.75) is 24.7 Å². The van der Waals surface area contributed by atoms with Crippen molar-refractivity contribution in [2.75, 3.05) is 4.90 Å². The maximum absolute atomic E-state index is 6.79. The second-order valence-corrected chi connectivity index (χ2v) is 18.7. The van der Waals surface area contributed by atoms with E-state index in [0.29, 0.717) is 0 Å². The Morgan fingerprint density at radius 2 is 0.636 bits per heavy atom. The van der Waals surface area contributed by atoms with Crippen LogP contribution >= 0.6 is 0 Å². The molecule has 0 unspecified atom stereocenters. The van der Waals surface area contributed by atoms with Gasteiger partial charge in [0.05, 0.1) is 5.41 Å². The molecule has 66 heavy (non-hydrogen) atoms. The molecule has 4 aliphatic rings. The fraction of sp³-hybridized carbons (Fsp3) is 0.0625. The van der Waals surface area contributed by atoms with Crippen molar-refractivity contribution < 1.29 is 4.74 Å². The minimum absolute atomic E-state index is 0.166. The lowest BCUT2D eigenvalue weighted by Gasteiger charge is -2.35. The number of ether oxygens (including phenoxy) is 1. The van der Waals surface area contributed by atoms with Crippen LogP contribution in [0.1, 0.15) is 47.2 Å². The third-order valence-corrected chi connectivity index (χ3v) is 15.1. The molecule has 1 heterocycles. The first-order valence-electron chi connectivity index (χ1n) is 23.1. The second kappa shape index (κ2) is 13.7. The van der Waals surface area contributed by atoms with Crippen LogP contribution in [-0.2, 0) is 10.8 Å². The topological polar surface area (TPSA) is 12.5 Å². The monoisotopic (exact) mass is 841 g/mol. The van der Waals surface area contributed by atoms with Crippen molar-refractivity contribution >= 4 is 17.1 Å². The molecule has 0 fully saturated rings. The number of rotatable bonds is 3. The Morgan fingerprint density at radius 3 is 1.24 bits per heavy atom. The number of nitrogens with zero attached hydrogens (tertiary/aromatic N) is 1. The summed E-state index contributed by atoms with van der Waals surface area (Å²) >= 11 is 0. The van der Waals surface area contributed by atoms with E-state index in [1.165, 1.54) is 77.9 Å². The molecule has 0 amide bonds. The van der Waals surface area contributed by atoms with E-state index in [-0.39, 0.29) is 5.41 Å². The van der Waals surface area contributed by atoms with E-state index in [4.69, 9.17) is 4.74 Å². The van der Waals surface area contributed by atoms with E-state index in [0.717, 1.165) is 50.8 Å². The van der Waals surface area contributed by atoms with Crippen LogP contribution in [0.4, 0.5) is 17.1 Å². The zero-order valence-electron chi connectivity index (χ0n) is 36.7. The number of benzene rings is 10. The van der Waals surface area contributed by atoms with E-state index >= 15 is 0 Å². The summed E-state index contributed by atoms with van der Waals surface area (Å²) in [5, 5.41) is 0. The van der Waals surface area contributed by atoms with Crippen LogP contribution in [0.25, 0.3) is 66.8 Å². The summed E-state index contributed by atoms with van der Waals surface area (Å²) in [6.07, 6.45) is 0. The molecular weight excluding hydrogens is 799 g/mol. The fourth-order valence-corrected chi connectivity index (χ4v) is 12.3. The van der Waals surface area contributed by atoms with Crippen LogP contribution in [0.15, 0.2) is 224 Å². The molecule has 14 rings (SSSR count). The van der Waals surface area contributed by atoms with Gasteiger partial charge in [0, 0.05) is 33.6 Å². The molecule has 0 aromatic heterocycles. The smallest absolute Gasteiger partial charge is 0.135 e. The Balaban J connectivity index is 1.03. The molecule has 2 nitrogen and oxygen atoms in total. The van der Waals surface area contributed by atoms with Crippen molar-refractivity contribution in [2.24, 2.45) is 0 Å². The van der Waals surface area contributed by atoms with Gasteiger partial charge in [-0.15, -0.1) is 0 Å². The minimum Gasteiger partial charge on any atom is -0.456 e. The van der Waals surface area contributed by atoms with Gasteiger partial charge in [-0.1, -0.05) is 190 Å². The summed E-state index contributed by atoms with van der Waals surface area (Å²) in [5.74, 6) is 1.71. The van der Waals surface area contributed by atoms with Crippen LogP contribution in [0, 0.1) is 0 Å². The Kier molecular flexibility index (Phi) is 7.70. The number of hydrogen-bond acceptors (Lipinski definition) is 2. The Morgan fingerprint density at radius 1 is 0.273 bits per heavy atom. The maximum atomic E-state index is 6.79. The Labute approximate surface area is 385 Å². The quantitative estimate of drug-likeness (QED) is 0.176. The zero-order valence-corrected chi connectivity index (χ0v) is 36.7. The van der Waals surface area contributed by atoms with Gasteiger partial charge in [-0.25, -0.2) is 0 Å². The summed E-state index contributed by atoms with van der Waals surface area (Å²) in [5.41, 5.74) is 25.2. The molecule has 0 saturated heterocycles. The summed E-state index contributed by atoms with van der Waals surface area (Å²) in [7, 11) is 0. The molecule has 1 spiro atoms. The van der Waals surface area contributed by atoms with E-state index < -0.39 is 5.41 Å². The molecule has 0 atom stereocenters. The van der Waals surface area contributed by atoms with E-state index in [1.54, 1.807) is 0 Å². The highest BCUT2D eigenvalue weighted by atomic mass is 16.5. The standard InChI is InChI=1S/C64H43NO/c1-63(2)55-26-12-7-23-49(55)51-34-31-42(39-60(51)63)65(41-33-36-62-54(38-41)46-20-6-5-19-45(46)52-25-11-16-30-61(52)66-62)40-32-35-59-53(37-40)50-24-10-15-29-58(50)64(59)56-27-13-8-21-47(56)43-17-3-4-18-44(43)48-22-9-14-28-57(48)64/h3-39H,1-2H3. The van der Waals surface area contributed by atoms with Gasteiger partial charge in [0.1, 0.15) is 11.5 Å². The van der Waals surface area contributed by atoms with Crippen LogP contribution in [0.2, 0.25) is 0 Å². The fourth-order valence-electron chi connectivity index (χ4n) is 12.3. The number of fused-ring (bicyclic) bond motifs is 20. The highest BCUT2D eigenvalue weighted by molar-refractivity contribution is 5.99. The lowest BCUT2D eigenvalue weighted by atomic mass is 9.66. The molecule has 3 aliphatic carbocycles. The molecule has 0 N–H and O–H groups in total. The van der Waals surface area contributed by atoms with Gasteiger partial charge < -0.3 is 9.64 Å². The van der Waals surface area contributed by atoms with Crippen LogP contribution in [0.3, 0.4) is 0 Å². The summed E-state index contributed by atoms with van der Waals surface area (Å²) < 4.78 is 6.79. The lowest BCUT2D eigenvalue weighted by Crippen LogP contribution is -2.29. The summed E-state index contributed by atoms with van der Waals surface area (Å²) in [6, 6.07) is 83.4. The van der Waals surface area contributed by atoms with Gasteiger partial charge in [0.15, 0.2) is 0 Å². The number of anilines is 3.